The number of hydrogen-bond acceptors (Lipinski definition) is 3. The minimum atomic E-state index is -0.883. The molecule has 0 bridgehead atoms. The van der Waals surface area contributed by atoms with Gasteiger partial charge < -0.3 is 5.11 Å². The summed E-state index contributed by atoms with van der Waals surface area (Å²) in [5, 5.41) is 16.7. The van der Waals surface area contributed by atoms with E-state index in [1.54, 1.807) is 6.20 Å². The molecule has 0 amide bonds. The van der Waals surface area contributed by atoms with Crippen LogP contribution in [-0.4, -0.2) is 20.9 Å². The van der Waals surface area contributed by atoms with Crippen molar-refractivity contribution in [2.45, 2.75) is 32.5 Å². The molecule has 0 saturated carbocycles. The van der Waals surface area contributed by atoms with E-state index >= 15 is 0 Å². The molecule has 0 saturated heterocycles. The summed E-state index contributed by atoms with van der Waals surface area (Å²) in [6.45, 7) is 4.55. The van der Waals surface area contributed by atoms with Gasteiger partial charge in [0.15, 0.2) is 0 Å². The smallest absolute Gasteiger partial charge is 0.325 e. The van der Waals surface area contributed by atoms with Crippen molar-refractivity contribution in [1.82, 2.24) is 15.1 Å². The average Bonchev–Trinajstić information content (AvgIpc) is 2.88. The Balaban J connectivity index is 2.10. The SMILES string of the molecule is CC(C)n1nccc1CN[C@H](C(=O)O)c1ccccc1. The normalized spacial score (nSPS) is 12.6. The second kappa shape index (κ2) is 6.34. The zero-order valence-corrected chi connectivity index (χ0v) is 11.7. The van der Waals surface area contributed by atoms with Crippen molar-refractivity contribution in [3.63, 3.8) is 0 Å². The predicted molar refractivity (Wildman–Crippen MR) is 76.3 cm³/mol. The fourth-order valence-electron chi connectivity index (χ4n) is 2.15. The molecule has 2 aromatic rings. The summed E-state index contributed by atoms with van der Waals surface area (Å²) < 4.78 is 1.89. The Morgan fingerprint density at radius 2 is 2.00 bits per heavy atom. The molecule has 20 heavy (non-hydrogen) atoms. The van der Waals surface area contributed by atoms with Crippen LogP contribution in [0.3, 0.4) is 0 Å². The average molecular weight is 273 g/mol. The first-order valence-electron chi connectivity index (χ1n) is 6.63. The van der Waals surface area contributed by atoms with Gasteiger partial charge in [0.05, 0.1) is 5.69 Å². The van der Waals surface area contributed by atoms with Crippen LogP contribution < -0.4 is 5.32 Å². The first-order chi connectivity index (χ1) is 9.59. The van der Waals surface area contributed by atoms with Crippen LogP contribution in [0.25, 0.3) is 0 Å². The predicted octanol–water partition coefficient (Wildman–Crippen LogP) is 2.38. The highest BCUT2D eigenvalue weighted by molar-refractivity contribution is 5.75. The van der Waals surface area contributed by atoms with E-state index in [-0.39, 0.29) is 6.04 Å². The number of aromatic nitrogens is 2. The number of carbonyl (C=O) groups is 1. The maximum Gasteiger partial charge on any atom is 0.325 e. The van der Waals surface area contributed by atoms with Crippen LogP contribution in [0.2, 0.25) is 0 Å². The van der Waals surface area contributed by atoms with Gasteiger partial charge >= 0.3 is 5.97 Å². The number of aliphatic carboxylic acids is 1. The van der Waals surface area contributed by atoms with Crippen LogP contribution in [0.4, 0.5) is 0 Å². The molecular formula is C15H19N3O2. The Hall–Kier alpha value is -2.14. The number of carboxylic acid groups (broad SMARTS) is 1. The second-order valence-electron chi connectivity index (χ2n) is 4.92. The Morgan fingerprint density at radius 1 is 1.30 bits per heavy atom. The molecule has 0 spiro atoms. The monoisotopic (exact) mass is 273 g/mol. The third-order valence-electron chi connectivity index (χ3n) is 3.11. The van der Waals surface area contributed by atoms with Crippen LogP contribution in [-0.2, 0) is 11.3 Å². The molecule has 5 heteroatoms. The molecule has 0 radical (unpaired) electrons. The Morgan fingerprint density at radius 3 is 2.60 bits per heavy atom. The third kappa shape index (κ3) is 3.24. The van der Waals surface area contributed by atoms with Crippen molar-refractivity contribution >= 4 is 5.97 Å². The van der Waals surface area contributed by atoms with E-state index < -0.39 is 12.0 Å². The van der Waals surface area contributed by atoms with Gasteiger partial charge in [-0.25, -0.2) is 0 Å². The summed E-state index contributed by atoms with van der Waals surface area (Å²) in [6.07, 6.45) is 1.73. The van der Waals surface area contributed by atoms with E-state index in [9.17, 15) is 9.90 Å². The summed E-state index contributed by atoms with van der Waals surface area (Å²) in [4.78, 5) is 11.4. The first-order valence-corrected chi connectivity index (χ1v) is 6.63. The van der Waals surface area contributed by atoms with Crippen molar-refractivity contribution < 1.29 is 9.90 Å². The Labute approximate surface area is 118 Å². The minimum absolute atomic E-state index is 0.252. The zero-order chi connectivity index (χ0) is 14.5. The molecule has 0 aliphatic heterocycles. The molecule has 0 unspecified atom stereocenters. The topological polar surface area (TPSA) is 67.2 Å². The summed E-state index contributed by atoms with van der Waals surface area (Å²) in [6, 6.07) is 10.6. The largest absolute Gasteiger partial charge is 0.480 e. The van der Waals surface area contributed by atoms with E-state index in [1.165, 1.54) is 0 Å². The van der Waals surface area contributed by atoms with Gasteiger partial charge in [0.2, 0.25) is 0 Å². The number of benzene rings is 1. The van der Waals surface area contributed by atoms with Crippen LogP contribution in [0.1, 0.15) is 37.2 Å². The lowest BCUT2D eigenvalue weighted by Crippen LogP contribution is -2.29. The van der Waals surface area contributed by atoms with E-state index in [0.717, 1.165) is 11.3 Å². The summed E-state index contributed by atoms with van der Waals surface area (Å²) in [5.74, 6) is -0.883. The lowest BCUT2D eigenvalue weighted by Gasteiger charge is -2.16. The molecule has 1 heterocycles. The van der Waals surface area contributed by atoms with Gasteiger partial charge in [0.25, 0.3) is 0 Å². The molecule has 1 atom stereocenters. The van der Waals surface area contributed by atoms with Crippen molar-refractivity contribution in [2.24, 2.45) is 0 Å². The number of hydrogen-bond donors (Lipinski definition) is 2. The molecule has 0 fully saturated rings. The maximum absolute atomic E-state index is 11.4. The van der Waals surface area contributed by atoms with E-state index in [4.69, 9.17) is 0 Å². The van der Waals surface area contributed by atoms with Crippen molar-refractivity contribution in [1.29, 1.82) is 0 Å². The van der Waals surface area contributed by atoms with Gasteiger partial charge in [-0.1, -0.05) is 30.3 Å². The minimum Gasteiger partial charge on any atom is -0.480 e. The van der Waals surface area contributed by atoms with Gasteiger partial charge in [-0.3, -0.25) is 14.8 Å². The van der Waals surface area contributed by atoms with E-state index in [0.29, 0.717) is 6.54 Å². The summed E-state index contributed by atoms with van der Waals surface area (Å²) in [7, 11) is 0. The van der Waals surface area contributed by atoms with Crippen molar-refractivity contribution in [2.75, 3.05) is 0 Å². The maximum atomic E-state index is 11.4. The van der Waals surface area contributed by atoms with Crippen LogP contribution in [0.15, 0.2) is 42.6 Å². The molecule has 106 valence electrons. The number of nitrogens with zero attached hydrogens (tertiary/aromatic N) is 2. The van der Waals surface area contributed by atoms with E-state index in [1.807, 2.05) is 54.9 Å². The summed E-state index contributed by atoms with van der Waals surface area (Å²) >= 11 is 0. The molecule has 5 nitrogen and oxygen atoms in total. The number of nitrogens with one attached hydrogen (secondary N) is 1. The van der Waals surface area contributed by atoms with Gasteiger partial charge in [-0.15, -0.1) is 0 Å². The zero-order valence-electron chi connectivity index (χ0n) is 11.7. The molecule has 1 aromatic heterocycles. The van der Waals surface area contributed by atoms with Crippen LogP contribution in [0.5, 0.6) is 0 Å². The fraction of sp³-hybridized carbons (Fsp3) is 0.333. The Bertz CT molecular complexity index is 564. The fourth-order valence-corrected chi connectivity index (χ4v) is 2.15. The van der Waals surface area contributed by atoms with Gasteiger partial charge in [-0.05, 0) is 25.5 Å². The standard InChI is InChI=1S/C15H19N3O2/c1-11(2)18-13(8-9-17-18)10-16-14(15(19)20)12-6-4-3-5-7-12/h3-9,11,14,16H,10H2,1-2H3,(H,19,20)/t14-/m0/s1. The number of carboxylic acids is 1. The first kappa shape index (κ1) is 14.3. The summed E-state index contributed by atoms with van der Waals surface area (Å²) in [5.41, 5.74) is 1.72. The highest BCUT2D eigenvalue weighted by Crippen LogP contribution is 2.14. The van der Waals surface area contributed by atoms with Gasteiger partial charge in [0.1, 0.15) is 6.04 Å². The van der Waals surface area contributed by atoms with Crippen LogP contribution >= 0.6 is 0 Å². The lowest BCUT2D eigenvalue weighted by atomic mass is 10.1. The molecule has 0 aliphatic carbocycles. The molecule has 2 rings (SSSR count). The van der Waals surface area contributed by atoms with Crippen molar-refractivity contribution in [3.8, 4) is 0 Å². The number of rotatable bonds is 6. The molecule has 2 N–H and O–H groups in total. The third-order valence-corrected chi connectivity index (χ3v) is 3.11. The highest BCUT2D eigenvalue weighted by Gasteiger charge is 2.19. The van der Waals surface area contributed by atoms with Crippen LogP contribution in [0, 0.1) is 0 Å². The Kier molecular flexibility index (Phi) is 4.53. The van der Waals surface area contributed by atoms with Gasteiger partial charge in [0, 0.05) is 18.8 Å². The van der Waals surface area contributed by atoms with Crippen molar-refractivity contribution in [3.05, 3.63) is 53.9 Å². The highest BCUT2D eigenvalue weighted by atomic mass is 16.4. The van der Waals surface area contributed by atoms with E-state index in [2.05, 4.69) is 10.4 Å². The second-order valence-corrected chi connectivity index (χ2v) is 4.92. The molecule has 1 aromatic carbocycles. The van der Waals surface area contributed by atoms with Gasteiger partial charge in [-0.2, -0.15) is 5.10 Å². The molecule has 0 aliphatic rings. The lowest BCUT2D eigenvalue weighted by molar-refractivity contribution is -0.139. The molecular weight excluding hydrogens is 254 g/mol. The quantitative estimate of drug-likeness (QED) is 0.848.